The summed E-state index contributed by atoms with van der Waals surface area (Å²) in [6, 6.07) is 12.0. The van der Waals surface area contributed by atoms with Crippen LogP contribution in [0.5, 0.6) is 0 Å². The summed E-state index contributed by atoms with van der Waals surface area (Å²) in [5.41, 5.74) is 6.73. The zero-order chi connectivity index (χ0) is 16.8. The van der Waals surface area contributed by atoms with Crippen molar-refractivity contribution in [2.24, 2.45) is 5.92 Å². The van der Waals surface area contributed by atoms with E-state index in [0.29, 0.717) is 17.4 Å². The number of carbonyl (C=O) groups is 1. The number of benzene rings is 2. The van der Waals surface area contributed by atoms with Crippen molar-refractivity contribution in [1.29, 1.82) is 0 Å². The van der Waals surface area contributed by atoms with Crippen molar-refractivity contribution in [3.05, 3.63) is 76.4 Å². The molecular weight excluding hydrogens is 298 g/mol. The second-order valence-corrected chi connectivity index (χ2v) is 6.95. The highest BCUT2D eigenvalue weighted by molar-refractivity contribution is 5.87. The molecule has 0 saturated carbocycles. The molecule has 0 radical (unpaired) electrons. The summed E-state index contributed by atoms with van der Waals surface area (Å²) < 4.78 is 0. The molecule has 3 atom stereocenters. The second-order valence-electron chi connectivity index (χ2n) is 6.95. The minimum absolute atomic E-state index is 0.210. The first-order chi connectivity index (χ1) is 11.5. The van der Waals surface area contributed by atoms with Gasteiger partial charge in [-0.05, 0) is 66.6 Å². The van der Waals surface area contributed by atoms with E-state index in [9.17, 15) is 4.79 Å². The summed E-state index contributed by atoms with van der Waals surface area (Å²) in [5, 5.41) is 12.8. The summed E-state index contributed by atoms with van der Waals surface area (Å²) in [6.07, 6.45) is 5.67. The van der Waals surface area contributed by atoms with Gasteiger partial charge in [0.15, 0.2) is 0 Å². The van der Waals surface area contributed by atoms with Crippen LogP contribution in [0.15, 0.2) is 48.6 Å². The number of nitrogens with one attached hydrogen (secondary N) is 1. The Labute approximate surface area is 142 Å². The van der Waals surface area contributed by atoms with Gasteiger partial charge in [-0.2, -0.15) is 0 Å². The molecule has 0 bridgehead atoms. The van der Waals surface area contributed by atoms with Gasteiger partial charge in [0.25, 0.3) is 0 Å². The fourth-order valence-electron chi connectivity index (χ4n) is 4.30. The Balaban J connectivity index is 1.76. The van der Waals surface area contributed by atoms with E-state index in [4.69, 9.17) is 5.11 Å². The highest BCUT2D eigenvalue weighted by atomic mass is 16.4. The molecule has 2 N–H and O–H groups in total. The van der Waals surface area contributed by atoms with Gasteiger partial charge in [0.05, 0.1) is 11.6 Å². The Hall–Kier alpha value is -2.55. The minimum atomic E-state index is -0.879. The van der Waals surface area contributed by atoms with Crippen molar-refractivity contribution in [2.75, 3.05) is 5.32 Å². The molecule has 0 spiro atoms. The smallest absolute Gasteiger partial charge is 0.335 e. The van der Waals surface area contributed by atoms with Gasteiger partial charge in [-0.15, -0.1) is 0 Å². The predicted octanol–water partition coefficient (Wildman–Crippen LogP) is 4.83. The number of carboxylic acids is 1. The Morgan fingerprint density at radius 1 is 1.17 bits per heavy atom. The van der Waals surface area contributed by atoms with Crippen LogP contribution in [0, 0.1) is 19.8 Å². The number of aryl methyl sites for hydroxylation is 2. The first-order valence-electron chi connectivity index (χ1n) is 8.42. The molecule has 3 heteroatoms. The average molecular weight is 319 g/mol. The van der Waals surface area contributed by atoms with E-state index >= 15 is 0 Å². The van der Waals surface area contributed by atoms with Gasteiger partial charge in [0, 0.05) is 11.6 Å². The van der Waals surface area contributed by atoms with Gasteiger partial charge in [0.1, 0.15) is 0 Å². The topological polar surface area (TPSA) is 49.3 Å². The Morgan fingerprint density at radius 2 is 1.92 bits per heavy atom. The van der Waals surface area contributed by atoms with Crippen molar-refractivity contribution in [3.63, 3.8) is 0 Å². The van der Waals surface area contributed by atoms with Gasteiger partial charge in [-0.25, -0.2) is 4.79 Å². The largest absolute Gasteiger partial charge is 0.478 e. The Kier molecular flexibility index (Phi) is 3.45. The van der Waals surface area contributed by atoms with Crippen LogP contribution in [0.1, 0.15) is 51.0 Å². The maximum Gasteiger partial charge on any atom is 0.335 e. The fraction of sp³-hybridized carbons (Fsp3) is 0.286. The first kappa shape index (κ1) is 15.0. The van der Waals surface area contributed by atoms with Gasteiger partial charge in [-0.1, -0.05) is 30.4 Å². The molecule has 0 amide bonds. The van der Waals surface area contributed by atoms with E-state index in [-0.39, 0.29) is 6.04 Å². The maximum absolute atomic E-state index is 11.1. The molecule has 3 nitrogen and oxygen atoms in total. The fourth-order valence-corrected chi connectivity index (χ4v) is 4.30. The molecule has 122 valence electrons. The van der Waals surface area contributed by atoms with Crippen LogP contribution in [0.25, 0.3) is 0 Å². The summed E-state index contributed by atoms with van der Waals surface area (Å²) in [5.74, 6) is 0.0377. The van der Waals surface area contributed by atoms with E-state index in [1.165, 1.54) is 22.4 Å². The lowest BCUT2D eigenvalue weighted by Crippen LogP contribution is -2.29. The van der Waals surface area contributed by atoms with Crippen LogP contribution in [-0.4, -0.2) is 11.1 Å². The van der Waals surface area contributed by atoms with Gasteiger partial charge < -0.3 is 10.4 Å². The van der Waals surface area contributed by atoms with E-state index < -0.39 is 5.97 Å². The molecule has 1 heterocycles. The summed E-state index contributed by atoms with van der Waals surface area (Å²) in [6.45, 7) is 4.32. The number of hydrogen-bond acceptors (Lipinski definition) is 2. The number of hydrogen-bond donors (Lipinski definition) is 2. The summed E-state index contributed by atoms with van der Waals surface area (Å²) in [7, 11) is 0. The molecular formula is C21H21NO2. The standard InChI is InChI=1S/C21H21NO2/c1-12-10-13(2)19-16-4-3-5-17(16)20(22-18(19)11-12)14-6-8-15(9-7-14)21(23)24/h3-4,6-11,16-17,20,22H,5H2,1-2H3,(H,23,24)/t16-,17-,20-/m0/s1. The van der Waals surface area contributed by atoms with E-state index in [1.807, 2.05) is 12.1 Å². The van der Waals surface area contributed by atoms with Gasteiger partial charge >= 0.3 is 5.97 Å². The zero-order valence-electron chi connectivity index (χ0n) is 13.9. The monoisotopic (exact) mass is 319 g/mol. The number of carboxylic acid groups (broad SMARTS) is 1. The molecule has 2 aromatic carbocycles. The SMILES string of the molecule is Cc1cc(C)c2c(c1)N[C@@H](c1ccc(C(=O)O)cc1)[C@H]1CC=C[C@H]21. The average Bonchev–Trinajstić information content (AvgIpc) is 3.02. The molecule has 2 aromatic rings. The van der Waals surface area contributed by atoms with Crippen LogP contribution in [0.4, 0.5) is 5.69 Å². The van der Waals surface area contributed by atoms with Crippen molar-refractivity contribution in [3.8, 4) is 0 Å². The lowest BCUT2D eigenvalue weighted by Gasteiger charge is -2.38. The number of aromatic carboxylic acids is 1. The molecule has 1 aliphatic carbocycles. The van der Waals surface area contributed by atoms with Gasteiger partial charge in [0.2, 0.25) is 0 Å². The molecule has 0 aromatic heterocycles. The first-order valence-corrected chi connectivity index (χ1v) is 8.42. The third-order valence-corrected chi connectivity index (χ3v) is 5.33. The molecule has 4 rings (SSSR count). The van der Waals surface area contributed by atoms with Crippen LogP contribution >= 0.6 is 0 Å². The number of rotatable bonds is 2. The molecule has 1 aliphatic heterocycles. The number of anilines is 1. The lowest BCUT2D eigenvalue weighted by molar-refractivity contribution is 0.0697. The Bertz CT molecular complexity index is 836. The van der Waals surface area contributed by atoms with Crippen molar-refractivity contribution >= 4 is 11.7 Å². The molecule has 0 unspecified atom stereocenters. The minimum Gasteiger partial charge on any atom is -0.478 e. The predicted molar refractivity (Wildman–Crippen MR) is 95.7 cm³/mol. The van der Waals surface area contributed by atoms with E-state index in [1.54, 1.807) is 12.1 Å². The molecule has 0 fully saturated rings. The highest BCUT2D eigenvalue weighted by Crippen LogP contribution is 2.50. The third-order valence-electron chi connectivity index (χ3n) is 5.33. The number of fused-ring (bicyclic) bond motifs is 3. The second kappa shape index (κ2) is 5.52. The molecule has 0 saturated heterocycles. The third kappa shape index (κ3) is 2.32. The summed E-state index contributed by atoms with van der Waals surface area (Å²) >= 11 is 0. The normalized spacial score (nSPS) is 24.2. The van der Waals surface area contributed by atoms with E-state index in [2.05, 4.69) is 43.4 Å². The quantitative estimate of drug-likeness (QED) is 0.780. The van der Waals surface area contributed by atoms with Crippen molar-refractivity contribution < 1.29 is 9.90 Å². The zero-order valence-corrected chi connectivity index (χ0v) is 13.9. The van der Waals surface area contributed by atoms with Gasteiger partial charge in [-0.3, -0.25) is 0 Å². The van der Waals surface area contributed by atoms with Crippen LogP contribution in [-0.2, 0) is 0 Å². The lowest BCUT2D eigenvalue weighted by atomic mass is 9.75. The summed E-state index contributed by atoms with van der Waals surface area (Å²) in [4.78, 5) is 11.1. The van der Waals surface area contributed by atoms with Crippen LogP contribution in [0.2, 0.25) is 0 Å². The van der Waals surface area contributed by atoms with Crippen LogP contribution in [0.3, 0.4) is 0 Å². The van der Waals surface area contributed by atoms with E-state index in [0.717, 1.165) is 12.0 Å². The number of allylic oxidation sites excluding steroid dienone is 2. The molecule has 2 aliphatic rings. The highest BCUT2D eigenvalue weighted by Gasteiger charge is 2.38. The van der Waals surface area contributed by atoms with Crippen LogP contribution < -0.4 is 5.32 Å². The van der Waals surface area contributed by atoms with Crippen molar-refractivity contribution in [1.82, 2.24) is 0 Å². The molecule has 24 heavy (non-hydrogen) atoms. The van der Waals surface area contributed by atoms with Crippen molar-refractivity contribution in [2.45, 2.75) is 32.2 Å². The Morgan fingerprint density at radius 3 is 2.62 bits per heavy atom. The maximum atomic E-state index is 11.1.